The van der Waals surface area contributed by atoms with Gasteiger partial charge in [-0.3, -0.25) is 0 Å². The molecule has 1 N–H and O–H groups in total. The first kappa shape index (κ1) is 8.48. The zero-order valence-corrected chi connectivity index (χ0v) is 7.75. The molecule has 3 heteroatoms. The average Bonchev–Trinajstić information content (AvgIpc) is 2.00. The fraction of sp³-hybridized carbons (Fsp3) is 1.00. The van der Waals surface area contributed by atoms with E-state index in [0.29, 0.717) is 18.2 Å². The first-order valence-electron chi connectivity index (χ1n) is 4.75. The first-order valence-corrected chi connectivity index (χ1v) is 4.75. The lowest BCUT2D eigenvalue weighted by Gasteiger charge is -2.47. The third-order valence-corrected chi connectivity index (χ3v) is 2.54. The van der Waals surface area contributed by atoms with Gasteiger partial charge < -0.3 is 14.8 Å². The van der Waals surface area contributed by atoms with Gasteiger partial charge in [0.15, 0.2) is 0 Å². The molecule has 2 bridgehead atoms. The summed E-state index contributed by atoms with van der Waals surface area (Å²) in [4.78, 5) is 0. The lowest BCUT2D eigenvalue weighted by molar-refractivity contribution is -0.121. The SMILES string of the molecule is CC(C)OC[C@H]1OC[C@@H]2C[C@H]1N2. The predicted octanol–water partition coefficient (Wildman–Crippen LogP) is 0.541. The Morgan fingerprint density at radius 3 is 2.83 bits per heavy atom. The number of nitrogens with one attached hydrogen (secondary N) is 1. The molecule has 0 saturated carbocycles. The zero-order valence-electron chi connectivity index (χ0n) is 7.75. The second kappa shape index (κ2) is 3.32. The molecule has 3 fully saturated rings. The van der Waals surface area contributed by atoms with E-state index in [0.717, 1.165) is 13.2 Å². The van der Waals surface area contributed by atoms with Gasteiger partial charge in [-0.25, -0.2) is 0 Å². The maximum Gasteiger partial charge on any atom is 0.0962 e. The summed E-state index contributed by atoms with van der Waals surface area (Å²) in [5.74, 6) is 0. The minimum absolute atomic E-state index is 0.289. The second-order valence-corrected chi connectivity index (χ2v) is 3.96. The van der Waals surface area contributed by atoms with Gasteiger partial charge in [0.05, 0.1) is 25.4 Å². The highest BCUT2D eigenvalue weighted by molar-refractivity contribution is 4.97. The van der Waals surface area contributed by atoms with Gasteiger partial charge in [0, 0.05) is 12.1 Å². The molecule has 0 unspecified atom stereocenters. The zero-order chi connectivity index (χ0) is 8.55. The van der Waals surface area contributed by atoms with E-state index in [1.54, 1.807) is 0 Å². The number of fused-ring (bicyclic) bond motifs is 2. The van der Waals surface area contributed by atoms with Crippen LogP contribution in [-0.2, 0) is 9.47 Å². The fourth-order valence-corrected chi connectivity index (χ4v) is 1.77. The molecular weight excluding hydrogens is 154 g/mol. The van der Waals surface area contributed by atoms with E-state index < -0.39 is 0 Å². The van der Waals surface area contributed by atoms with Crippen molar-refractivity contribution in [3.05, 3.63) is 0 Å². The first-order chi connectivity index (χ1) is 5.75. The Kier molecular flexibility index (Phi) is 2.35. The molecule has 3 aliphatic rings. The molecule has 70 valence electrons. The van der Waals surface area contributed by atoms with Crippen molar-refractivity contribution in [1.82, 2.24) is 5.32 Å². The Morgan fingerprint density at radius 1 is 1.58 bits per heavy atom. The van der Waals surface area contributed by atoms with Gasteiger partial charge in [-0.15, -0.1) is 0 Å². The summed E-state index contributed by atoms with van der Waals surface area (Å²) in [7, 11) is 0. The van der Waals surface area contributed by atoms with Crippen molar-refractivity contribution in [3.63, 3.8) is 0 Å². The molecular formula is C9H17NO2. The summed E-state index contributed by atoms with van der Waals surface area (Å²) in [5, 5.41) is 3.45. The molecule has 12 heavy (non-hydrogen) atoms. The fourth-order valence-electron chi connectivity index (χ4n) is 1.77. The molecule has 0 aliphatic carbocycles. The van der Waals surface area contributed by atoms with Gasteiger partial charge in [0.25, 0.3) is 0 Å². The second-order valence-electron chi connectivity index (χ2n) is 3.96. The van der Waals surface area contributed by atoms with Crippen LogP contribution in [-0.4, -0.2) is 37.5 Å². The van der Waals surface area contributed by atoms with Crippen molar-refractivity contribution in [1.29, 1.82) is 0 Å². The molecule has 3 aliphatic heterocycles. The molecule has 0 amide bonds. The van der Waals surface area contributed by atoms with Crippen molar-refractivity contribution in [2.45, 2.75) is 44.6 Å². The highest BCUT2D eigenvalue weighted by Gasteiger charge is 2.40. The van der Waals surface area contributed by atoms with Crippen LogP contribution < -0.4 is 5.32 Å². The number of hydrogen-bond acceptors (Lipinski definition) is 3. The van der Waals surface area contributed by atoms with Crippen LogP contribution in [0.5, 0.6) is 0 Å². The maximum atomic E-state index is 5.60. The molecule has 0 spiro atoms. The van der Waals surface area contributed by atoms with Gasteiger partial charge in [0.2, 0.25) is 0 Å². The number of ether oxygens (including phenoxy) is 2. The van der Waals surface area contributed by atoms with Gasteiger partial charge in [-0.05, 0) is 20.3 Å². The molecule has 3 saturated heterocycles. The summed E-state index contributed by atoms with van der Waals surface area (Å²) in [6.45, 7) is 5.71. The maximum absolute atomic E-state index is 5.60. The topological polar surface area (TPSA) is 30.5 Å². The Hall–Kier alpha value is -0.120. The van der Waals surface area contributed by atoms with Crippen LogP contribution in [0.3, 0.4) is 0 Å². The number of hydrogen-bond donors (Lipinski definition) is 1. The highest BCUT2D eigenvalue weighted by atomic mass is 16.5. The van der Waals surface area contributed by atoms with Crippen LogP contribution in [0.15, 0.2) is 0 Å². The van der Waals surface area contributed by atoms with Crippen LogP contribution >= 0.6 is 0 Å². The monoisotopic (exact) mass is 171 g/mol. The van der Waals surface area contributed by atoms with Crippen LogP contribution in [0.1, 0.15) is 20.3 Å². The third-order valence-electron chi connectivity index (χ3n) is 2.54. The normalized spacial score (nSPS) is 39.8. The minimum atomic E-state index is 0.289. The van der Waals surface area contributed by atoms with Crippen molar-refractivity contribution in [2.24, 2.45) is 0 Å². The summed E-state index contributed by atoms with van der Waals surface area (Å²) in [5.41, 5.74) is 0. The van der Waals surface area contributed by atoms with Crippen LogP contribution in [0.4, 0.5) is 0 Å². The summed E-state index contributed by atoms with van der Waals surface area (Å²) < 4.78 is 11.1. The Labute approximate surface area is 73.4 Å². The molecule has 0 aromatic carbocycles. The van der Waals surface area contributed by atoms with Crippen molar-refractivity contribution >= 4 is 0 Å². The molecule has 3 heterocycles. The van der Waals surface area contributed by atoms with Gasteiger partial charge in [0.1, 0.15) is 0 Å². The highest BCUT2D eigenvalue weighted by Crippen LogP contribution is 2.24. The molecule has 0 aromatic rings. The van der Waals surface area contributed by atoms with Crippen molar-refractivity contribution in [3.8, 4) is 0 Å². The number of morpholine rings is 1. The molecule has 0 radical (unpaired) electrons. The van der Waals surface area contributed by atoms with Crippen molar-refractivity contribution < 1.29 is 9.47 Å². The minimum Gasteiger partial charge on any atom is -0.376 e. The summed E-state index contributed by atoms with van der Waals surface area (Å²) >= 11 is 0. The van der Waals surface area contributed by atoms with E-state index in [2.05, 4.69) is 19.2 Å². The van der Waals surface area contributed by atoms with E-state index in [9.17, 15) is 0 Å². The molecule has 0 aromatic heterocycles. The molecule has 3 atom stereocenters. The standard InChI is InChI=1S/C9H17NO2/c1-6(2)11-5-9-8-3-7(10-8)4-12-9/h6-10H,3-5H2,1-2H3/t7-,8+,9+/m0/s1. The van der Waals surface area contributed by atoms with E-state index in [1.807, 2.05) is 0 Å². The molecule has 3 nitrogen and oxygen atoms in total. The van der Waals surface area contributed by atoms with E-state index in [4.69, 9.17) is 9.47 Å². The van der Waals surface area contributed by atoms with Crippen LogP contribution in [0.25, 0.3) is 0 Å². The van der Waals surface area contributed by atoms with Crippen molar-refractivity contribution in [2.75, 3.05) is 13.2 Å². The summed E-state index contributed by atoms with van der Waals surface area (Å²) in [6, 6.07) is 1.19. The van der Waals surface area contributed by atoms with Gasteiger partial charge in [-0.2, -0.15) is 0 Å². The van der Waals surface area contributed by atoms with Gasteiger partial charge in [-0.1, -0.05) is 0 Å². The Bertz CT molecular complexity index is 152. The largest absolute Gasteiger partial charge is 0.376 e. The Balaban J connectivity index is 1.72. The number of rotatable bonds is 3. The van der Waals surface area contributed by atoms with E-state index in [-0.39, 0.29) is 6.10 Å². The molecule has 3 rings (SSSR count). The Morgan fingerprint density at radius 2 is 2.33 bits per heavy atom. The lowest BCUT2D eigenvalue weighted by atomic mass is 9.90. The van der Waals surface area contributed by atoms with E-state index >= 15 is 0 Å². The average molecular weight is 171 g/mol. The van der Waals surface area contributed by atoms with E-state index in [1.165, 1.54) is 6.42 Å². The predicted molar refractivity (Wildman–Crippen MR) is 46.2 cm³/mol. The quantitative estimate of drug-likeness (QED) is 0.672. The third kappa shape index (κ3) is 1.63. The van der Waals surface area contributed by atoms with Crippen LogP contribution in [0.2, 0.25) is 0 Å². The lowest BCUT2D eigenvalue weighted by Crippen LogP contribution is -2.66. The summed E-state index contributed by atoms with van der Waals surface area (Å²) in [6.07, 6.45) is 1.87. The smallest absolute Gasteiger partial charge is 0.0962 e. The van der Waals surface area contributed by atoms with Gasteiger partial charge >= 0.3 is 0 Å². The van der Waals surface area contributed by atoms with Crippen LogP contribution in [0, 0.1) is 0 Å².